The molecule has 0 bridgehead atoms. The van der Waals surface area contributed by atoms with Gasteiger partial charge in [0.2, 0.25) is 5.91 Å². The molecule has 2 aromatic carbocycles. The van der Waals surface area contributed by atoms with Crippen molar-refractivity contribution in [3.05, 3.63) is 64.7 Å². The summed E-state index contributed by atoms with van der Waals surface area (Å²) >= 11 is 5.92. The van der Waals surface area contributed by atoms with Crippen molar-refractivity contribution in [3.63, 3.8) is 0 Å². The Labute approximate surface area is 153 Å². The molecular weight excluding hydrogens is 338 g/mol. The predicted octanol–water partition coefficient (Wildman–Crippen LogP) is 3.71. The van der Waals surface area contributed by atoms with Gasteiger partial charge in [0, 0.05) is 30.3 Å². The minimum atomic E-state index is -0.628. The molecular formula is C20H22ClNO3. The Balaban J connectivity index is 1.84. The lowest BCUT2D eigenvalue weighted by Gasteiger charge is -2.37. The molecule has 2 aromatic rings. The van der Waals surface area contributed by atoms with E-state index in [1.54, 1.807) is 7.11 Å². The zero-order valence-electron chi connectivity index (χ0n) is 14.3. The van der Waals surface area contributed by atoms with Crippen LogP contribution in [0.25, 0.3) is 0 Å². The lowest BCUT2D eigenvalue weighted by molar-refractivity contribution is -0.130. The number of benzene rings is 2. The summed E-state index contributed by atoms with van der Waals surface area (Å²) in [5.74, 6) is 0.751. The van der Waals surface area contributed by atoms with Gasteiger partial charge in [0.05, 0.1) is 12.5 Å². The van der Waals surface area contributed by atoms with Crippen molar-refractivity contribution in [3.8, 4) is 5.75 Å². The average Bonchev–Trinajstić information content (AvgIpc) is 2.67. The topological polar surface area (TPSA) is 47.6 Å². The van der Waals surface area contributed by atoms with Gasteiger partial charge in [-0.25, -0.2) is 0 Å². The van der Waals surface area contributed by atoms with E-state index in [0.29, 0.717) is 37.6 Å². The van der Waals surface area contributed by atoms with Gasteiger partial charge in [0.15, 0.2) is 0 Å². The van der Waals surface area contributed by atoms with Crippen LogP contribution in [0, 0.1) is 0 Å². The monoisotopic (exact) mass is 359 g/mol. The molecule has 0 aliphatic carbocycles. The molecule has 0 atom stereocenters. The third-order valence-corrected chi connectivity index (χ3v) is 5.02. The molecule has 0 unspecified atom stereocenters. The van der Waals surface area contributed by atoms with Crippen LogP contribution in [-0.4, -0.2) is 26.2 Å². The van der Waals surface area contributed by atoms with Crippen LogP contribution in [0.5, 0.6) is 5.75 Å². The average molecular weight is 360 g/mol. The van der Waals surface area contributed by atoms with Crippen LogP contribution in [-0.2, 0) is 21.5 Å². The van der Waals surface area contributed by atoms with Crippen LogP contribution in [0.2, 0.25) is 5.02 Å². The number of carbonyl (C=O) groups is 1. The van der Waals surface area contributed by atoms with Crippen molar-refractivity contribution in [2.24, 2.45) is 0 Å². The second-order valence-electron chi connectivity index (χ2n) is 6.20. The first-order valence-electron chi connectivity index (χ1n) is 8.40. The number of hydrogen-bond donors (Lipinski definition) is 1. The van der Waals surface area contributed by atoms with Crippen LogP contribution in [0.15, 0.2) is 48.5 Å². The van der Waals surface area contributed by atoms with E-state index in [1.807, 2.05) is 48.5 Å². The fourth-order valence-corrected chi connectivity index (χ4v) is 3.46. The summed E-state index contributed by atoms with van der Waals surface area (Å²) in [6, 6.07) is 15.2. The zero-order valence-corrected chi connectivity index (χ0v) is 15.0. The van der Waals surface area contributed by atoms with Crippen LogP contribution in [0.3, 0.4) is 0 Å². The van der Waals surface area contributed by atoms with Crippen molar-refractivity contribution < 1.29 is 14.3 Å². The maximum Gasteiger partial charge on any atom is 0.231 e. The van der Waals surface area contributed by atoms with Crippen molar-refractivity contribution in [1.29, 1.82) is 0 Å². The van der Waals surface area contributed by atoms with Gasteiger partial charge in [0.25, 0.3) is 0 Å². The molecule has 5 heteroatoms. The van der Waals surface area contributed by atoms with Crippen LogP contribution >= 0.6 is 11.6 Å². The number of hydrogen-bond acceptors (Lipinski definition) is 3. The predicted molar refractivity (Wildman–Crippen MR) is 98.0 cm³/mol. The number of halogens is 1. The van der Waals surface area contributed by atoms with Gasteiger partial charge >= 0.3 is 0 Å². The van der Waals surface area contributed by atoms with E-state index in [-0.39, 0.29) is 5.91 Å². The molecule has 1 fully saturated rings. The minimum Gasteiger partial charge on any atom is -0.496 e. The molecule has 1 saturated heterocycles. The van der Waals surface area contributed by atoms with Crippen molar-refractivity contribution >= 4 is 17.5 Å². The second-order valence-corrected chi connectivity index (χ2v) is 6.64. The lowest BCUT2D eigenvalue weighted by atomic mass is 9.73. The smallest absolute Gasteiger partial charge is 0.231 e. The number of methoxy groups -OCH3 is 1. The van der Waals surface area contributed by atoms with Crippen molar-refractivity contribution in [1.82, 2.24) is 5.32 Å². The Morgan fingerprint density at radius 3 is 2.52 bits per heavy atom. The number of para-hydroxylation sites is 1. The van der Waals surface area contributed by atoms with Crippen LogP contribution in [0.4, 0.5) is 0 Å². The highest BCUT2D eigenvalue weighted by atomic mass is 35.5. The van der Waals surface area contributed by atoms with Crippen molar-refractivity contribution in [2.45, 2.75) is 24.8 Å². The molecule has 0 radical (unpaired) electrons. The summed E-state index contributed by atoms with van der Waals surface area (Å²) in [6.07, 6.45) is 1.28. The van der Waals surface area contributed by atoms with E-state index in [1.165, 1.54) is 0 Å². The van der Waals surface area contributed by atoms with E-state index in [9.17, 15) is 4.79 Å². The Morgan fingerprint density at radius 2 is 1.84 bits per heavy atom. The Hall–Kier alpha value is -2.04. The van der Waals surface area contributed by atoms with Gasteiger partial charge in [-0.15, -0.1) is 0 Å². The first-order chi connectivity index (χ1) is 12.2. The third-order valence-electron chi connectivity index (χ3n) is 4.77. The highest BCUT2D eigenvalue weighted by molar-refractivity contribution is 6.30. The first kappa shape index (κ1) is 17.8. The van der Waals surface area contributed by atoms with Gasteiger partial charge in [0.1, 0.15) is 5.75 Å². The molecule has 1 heterocycles. The van der Waals surface area contributed by atoms with Crippen LogP contribution < -0.4 is 10.1 Å². The Bertz CT molecular complexity index is 724. The minimum absolute atomic E-state index is 0.00949. The molecule has 1 N–H and O–H groups in total. The third kappa shape index (κ3) is 3.80. The standard InChI is InChI=1S/C20H22ClNO3/c1-24-18-5-3-2-4-17(18)20(10-12-25-13-11-20)19(23)22-14-15-6-8-16(21)9-7-15/h2-9H,10-14H2,1H3,(H,22,23). The van der Waals surface area contributed by atoms with E-state index in [0.717, 1.165) is 16.9 Å². The highest BCUT2D eigenvalue weighted by Crippen LogP contribution is 2.40. The fraction of sp³-hybridized carbons (Fsp3) is 0.350. The molecule has 1 aliphatic heterocycles. The van der Waals surface area contributed by atoms with E-state index in [2.05, 4.69) is 5.32 Å². The number of rotatable bonds is 5. The number of ether oxygens (including phenoxy) is 2. The summed E-state index contributed by atoms with van der Waals surface area (Å²) in [6.45, 7) is 1.59. The van der Waals surface area contributed by atoms with E-state index < -0.39 is 5.41 Å². The van der Waals surface area contributed by atoms with Crippen molar-refractivity contribution in [2.75, 3.05) is 20.3 Å². The SMILES string of the molecule is COc1ccccc1C1(C(=O)NCc2ccc(Cl)cc2)CCOCC1. The molecule has 0 spiro atoms. The molecule has 1 aliphatic rings. The van der Waals surface area contributed by atoms with E-state index in [4.69, 9.17) is 21.1 Å². The maximum atomic E-state index is 13.2. The van der Waals surface area contributed by atoms with Crippen LogP contribution in [0.1, 0.15) is 24.0 Å². The summed E-state index contributed by atoms with van der Waals surface area (Å²) in [7, 11) is 1.64. The fourth-order valence-electron chi connectivity index (χ4n) is 3.33. The summed E-state index contributed by atoms with van der Waals surface area (Å²) in [5.41, 5.74) is 1.31. The lowest BCUT2D eigenvalue weighted by Crippen LogP contribution is -2.48. The van der Waals surface area contributed by atoms with E-state index >= 15 is 0 Å². The van der Waals surface area contributed by atoms with Gasteiger partial charge in [-0.3, -0.25) is 4.79 Å². The molecule has 3 rings (SSSR count). The number of amides is 1. The number of nitrogens with one attached hydrogen (secondary N) is 1. The molecule has 4 nitrogen and oxygen atoms in total. The molecule has 1 amide bonds. The highest BCUT2D eigenvalue weighted by Gasteiger charge is 2.43. The molecule has 0 saturated carbocycles. The van der Waals surface area contributed by atoms with Gasteiger partial charge in [-0.05, 0) is 36.6 Å². The second kappa shape index (κ2) is 7.89. The largest absolute Gasteiger partial charge is 0.496 e. The zero-order chi connectivity index (χ0) is 17.7. The Kier molecular flexibility index (Phi) is 5.61. The molecule has 25 heavy (non-hydrogen) atoms. The normalized spacial score (nSPS) is 16.2. The Morgan fingerprint density at radius 1 is 1.16 bits per heavy atom. The summed E-state index contributed by atoms with van der Waals surface area (Å²) < 4.78 is 11.0. The summed E-state index contributed by atoms with van der Waals surface area (Å²) in [4.78, 5) is 13.2. The molecule has 132 valence electrons. The molecule has 0 aromatic heterocycles. The first-order valence-corrected chi connectivity index (χ1v) is 8.77. The quantitative estimate of drug-likeness (QED) is 0.885. The summed E-state index contributed by atoms with van der Waals surface area (Å²) in [5, 5.41) is 3.77. The van der Waals surface area contributed by atoms with Gasteiger partial charge < -0.3 is 14.8 Å². The maximum absolute atomic E-state index is 13.2. The van der Waals surface area contributed by atoms with Gasteiger partial charge in [-0.2, -0.15) is 0 Å². The van der Waals surface area contributed by atoms with Gasteiger partial charge in [-0.1, -0.05) is 41.9 Å². The number of carbonyl (C=O) groups excluding carboxylic acids is 1.